The molecule has 2 saturated carbocycles. The summed E-state index contributed by atoms with van der Waals surface area (Å²) in [7, 11) is 0. The Hall–Kier alpha value is -1.02. The summed E-state index contributed by atoms with van der Waals surface area (Å²) in [6.07, 6.45) is 8.44. The molecule has 0 amide bonds. The summed E-state index contributed by atoms with van der Waals surface area (Å²) in [5.41, 5.74) is 5.03. The SMILES string of the molecule is c1cc2c(cc1CNCC1(C3CC3)CC1)CCCN2. The van der Waals surface area contributed by atoms with Crippen molar-refractivity contribution in [1.82, 2.24) is 5.32 Å². The fourth-order valence-electron chi connectivity index (χ4n) is 3.68. The molecule has 2 N–H and O–H groups in total. The van der Waals surface area contributed by atoms with Crippen molar-refractivity contribution in [3.05, 3.63) is 29.3 Å². The first kappa shape index (κ1) is 11.8. The molecular formula is C17H24N2. The fraction of sp³-hybridized carbons (Fsp3) is 0.647. The average molecular weight is 256 g/mol. The van der Waals surface area contributed by atoms with E-state index in [0.29, 0.717) is 0 Å². The van der Waals surface area contributed by atoms with Gasteiger partial charge in [0.1, 0.15) is 0 Å². The van der Waals surface area contributed by atoms with Crippen molar-refractivity contribution in [3.8, 4) is 0 Å². The molecule has 2 fully saturated rings. The lowest BCUT2D eigenvalue weighted by Crippen LogP contribution is -2.25. The van der Waals surface area contributed by atoms with Gasteiger partial charge in [-0.25, -0.2) is 0 Å². The van der Waals surface area contributed by atoms with Crippen LogP contribution in [0.3, 0.4) is 0 Å². The fourth-order valence-corrected chi connectivity index (χ4v) is 3.68. The molecule has 2 heteroatoms. The summed E-state index contributed by atoms with van der Waals surface area (Å²) in [6.45, 7) is 3.42. The highest BCUT2D eigenvalue weighted by Gasteiger charge is 2.53. The van der Waals surface area contributed by atoms with Gasteiger partial charge in [0.2, 0.25) is 0 Å². The molecule has 3 aliphatic rings. The first-order valence-electron chi connectivity index (χ1n) is 7.92. The Balaban J connectivity index is 1.35. The minimum atomic E-state index is 0.718. The largest absolute Gasteiger partial charge is 0.385 e. The molecule has 1 aliphatic heterocycles. The summed E-state index contributed by atoms with van der Waals surface area (Å²) in [4.78, 5) is 0. The number of fused-ring (bicyclic) bond motifs is 1. The van der Waals surface area contributed by atoms with Gasteiger partial charge >= 0.3 is 0 Å². The third-order valence-corrected chi connectivity index (χ3v) is 5.25. The van der Waals surface area contributed by atoms with Crippen molar-refractivity contribution in [1.29, 1.82) is 0 Å². The van der Waals surface area contributed by atoms with Crippen molar-refractivity contribution in [2.75, 3.05) is 18.4 Å². The Morgan fingerprint density at radius 3 is 2.95 bits per heavy atom. The lowest BCUT2D eigenvalue weighted by atomic mass is 9.99. The number of anilines is 1. The van der Waals surface area contributed by atoms with Crippen LogP contribution in [0.25, 0.3) is 0 Å². The summed E-state index contributed by atoms with van der Waals surface area (Å²) < 4.78 is 0. The van der Waals surface area contributed by atoms with Gasteiger partial charge in [-0.15, -0.1) is 0 Å². The van der Waals surface area contributed by atoms with Crippen molar-refractivity contribution in [3.63, 3.8) is 0 Å². The second kappa shape index (κ2) is 4.52. The summed E-state index contributed by atoms with van der Waals surface area (Å²) >= 11 is 0. The Morgan fingerprint density at radius 1 is 1.26 bits per heavy atom. The molecule has 4 rings (SSSR count). The number of nitrogens with one attached hydrogen (secondary N) is 2. The van der Waals surface area contributed by atoms with Crippen LogP contribution < -0.4 is 10.6 Å². The second-order valence-electron chi connectivity index (χ2n) is 6.76. The summed E-state index contributed by atoms with van der Waals surface area (Å²) in [5, 5.41) is 7.20. The first-order valence-corrected chi connectivity index (χ1v) is 7.92. The Morgan fingerprint density at radius 2 is 2.16 bits per heavy atom. The molecule has 1 heterocycles. The highest BCUT2D eigenvalue weighted by atomic mass is 14.9. The zero-order chi connectivity index (χ0) is 12.7. The van der Waals surface area contributed by atoms with E-state index in [4.69, 9.17) is 0 Å². The van der Waals surface area contributed by atoms with Gasteiger partial charge < -0.3 is 10.6 Å². The molecule has 0 bridgehead atoms. The lowest BCUT2D eigenvalue weighted by Gasteiger charge is -2.19. The van der Waals surface area contributed by atoms with Crippen molar-refractivity contribution in [2.45, 2.75) is 45.1 Å². The maximum absolute atomic E-state index is 3.71. The Labute approximate surface area is 116 Å². The second-order valence-corrected chi connectivity index (χ2v) is 6.76. The molecule has 19 heavy (non-hydrogen) atoms. The summed E-state index contributed by atoms with van der Waals surface area (Å²) in [5.74, 6) is 1.06. The predicted molar refractivity (Wildman–Crippen MR) is 79.4 cm³/mol. The average Bonchev–Trinajstić information content (AvgIpc) is 3.31. The third kappa shape index (κ3) is 2.38. The molecule has 2 aliphatic carbocycles. The molecule has 1 aromatic carbocycles. The van der Waals surface area contributed by atoms with Crippen LogP contribution in [0.5, 0.6) is 0 Å². The monoisotopic (exact) mass is 256 g/mol. The van der Waals surface area contributed by atoms with Crippen LogP contribution in [0, 0.1) is 11.3 Å². The topological polar surface area (TPSA) is 24.1 Å². The zero-order valence-electron chi connectivity index (χ0n) is 11.7. The van der Waals surface area contributed by atoms with Gasteiger partial charge in [-0.3, -0.25) is 0 Å². The third-order valence-electron chi connectivity index (χ3n) is 5.25. The molecule has 0 atom stereocenters. The van der Waals surface area contributed by atoms with E-state index < -0.39 is 0 Å². The molecule has 0 saturated heterocycles. The number of hydrogen-bond acceptors (Lipinski definition) is 2. The molecule has 102 valence electrons. The standard InChI is InChI=1S/C17H24N2/c1-2-14-10-13(3-6-16(14)19-9-1)11-18-12-17(7-8-17)15-4-5-15/h3,6,10,15,18-19H,1-2,4-5,7-9,11-12H2. The minimum Gasteiger partial charge on any atom is -0.385 e. The van der Waals surface area contributed by atoms with E-state index in [1.807, 2.05) is 0 Å². The van der Waals surface area contributed by atoms with E-state index in [1.54, 1.807) is 0 Å². The molecule has 1 aromatic rings. The van der Waals surface area contributed by atoms with Crippen molar-refractivity contribution < 1.29 is 0 Å². The predicted octanol–water partition coefficient (Wildman–Crippen LogP) is 3.32. The van der Waals surface area contributed by atoms with E-state index in [1.165, 1.54) is 61.9 Å². The van der Waals surface area contributed by atoms with Gasteiger partial charge in [-0.2, -0.15) is 0 Å². The van der Waals surface area contributed by atoms with Crippen LogP contribution in [0.4, 0.5) is 5.69 Å². The molecule has 0 aromatic heterocycles. The van der Waals surface area contributed by atoms with Gasteiger partial charge in [0.15, 0.2) is 0 Å². The van der Waals surface area contributed by atoms with Gasteiger partial charge in [0, 0.05) is 25.3 Å². The highest BCUT2D eigenvalue weighted by molar-refractivity contribution is 5.54. The van der Waals surface area contributed by atoms with Gasteiger partial charge in [0.25, 0.3) is 0 Å². The van der Waals surface area contributed by atoms with Crippen LogP contribution in [0.15, 0.2) is 18.2 Å². The smallest absolute Gasteiger partial charge is 0.0372 e. The maximum atomic E-state index is 3.71. The molecule has 2 nitrogen and oxygen atoms in total. The quantitative estimate of drug-likeness (QED) is 0.844. The van der Waals surface area contributed by atoms with E-state index in [0.717, 1.165) is 24.4 Å². The van der Waals surface area contributed by atoms with Gasteiger partial charge in [-0.05, 0) is 67.1 Å². The van der Waals surface area contributed by atoms with Crippen LogP contribution in [0.1, 0.15) is 43.2 Å². The number of aryl methyl sites for hydroxylation is 1. The zero-order valence-corrected chi connectivity index (χ0v) is 11.7. The lowest BCUT2D eigenvalue weighted by molar-refractivity contribution is 0.403. The van der Waals surface area contributed by atoms with Crippen LogP contribution in [-0.4, -0.2) is 13.1 Å². The minimum absolute atomic E-state index is 0.718. The van der Waals surface area contributed by atoms with Gasteiger partial charge in [-0.1, -0.05) is 12.1 Å². The number of rotatable bonds is 5. The van der Waals surface area contributed by atoms with Crippen molar-refractivity contribution >= 4 is 5.69 Å². The van der Waals surface area contributed by atoms with E-state index in [-0.39, 0.29) is 0 Å². The van der Waals surface area contributed by atoms with Crippen LogP contribution >= 0.6 is 0 Å². The Kier molecular flexibility index (Phi) is 2.80. The number of benzene rings is 1. The van der Waals surface area contributed by atoms with Gasteiger partial charge in [0.05, 0.1) is 0 Å². The number of hydrogen-bond donors (Lipinski definition) is 2. The first-order chi connectivity index (χ1) is 9.36. The molecule has 0 spiro atoms. The highest BCUT2D eigenvalue weighted by Crippen LogP contribution is 2.60. The molecule has 0 radical (unpaired) electrons. The summed E-state index contributed by atoms with van der Waals surface area (Å²) in [6, 6.07) is 6.94. The van der Waals surface area contributed by atoms with Crippen molar-refractivity contribution in [2.24, 2.45) is 11.3 Å². The molecule has 0 unspecified atom stereocenters. The normalized spacial score (nSPS) is 23.6. The van der Waals surface area contributed by atoms with E-state index >= 15 is 0 Å². The van der Waals surface area contributed by atoms with Crippen LogP contribution in [0.2, 0.25) is 0 Å². The van der Waals surface area contributed by atoms with Crippen LogP contribution in [-0.2, 0) is 13.0 Å². The maximum Gasteiger partial charge on any atom is 0.0372 e. The Bertz CT molecular complexity index is 472. The van der Waals surface area contributed by atoms with E-state index in [9.17, 15) is 0 Å². The molecular weight excluding hydrogens is 232 g/mol. The van der Waals surface area contributed by atoms with E-state index in [2.05, 4.69) is 28.8 Å².